The number of sulfonamides is 1. The molecule has 1 saturated carbocycles. The summed E-state index contributed by atoms with van der Waals surface area (Å²) in [5.74, 6) is -1.73. The molecule has 0 aliphatic heterocycles. The van der Waals surface area contributed by atoms with Gasteiger partial charge in [-0.25, -0.2) is 27.2 Å². The number of pyridine rings is 1. The zero-order valence-electron chi connectivity index (χ0n) is 17.3. The van der Waals surface area contributed by atoms with Gasteiger partial charge in [-0.15, -0.1) is 0 Å². The molecule has 0 amide bonds. The average molecular weight is 462 g/mol. The van der Waals surface area contributed by atoms with E-state index in [1.807, 2.05) is 0 Å². The Morgan fingerprint density at radius 2 is 1.97 bits per heavy atom. The lowest BCUT2D eigenvalue weighted by atomic mass is 10.1. The van der Waals surface area contributed by atoms with E-state index in [2.05, 4.69) is 14.7 Å². The van der Waals surface area contributed by atoms with Crippen LogP contribution in [-0.2, 0) is 16.6 Å². The van der Waals surface area contributed by atoms with E-state index >= 15 is 0 Å². The summed E-state index contributed by atoms with van der Waals surface area (Å²) < 4.78 is 60.1. The van der Waals surface area contributed by atoms with Crippen molar-refractivity contribution in [2.75, 3.05) is 11.0 Å². The maximum atomic E-state index is 14.2. The molecule has 1 aromatic carbocycles. The van der Waals surface area contributed by atoms with Crippen LogP contribution < -0.4 is 15.0 Å². The number of benzene rings is 1. The van der Waals surface area contributed by atoms with E-state index < -0.39 is 21.7 Å². The first-order valence-electron chi connectivity index (χ1n) is 9.78. The zero-order valence-corrected chi connectivity index (χ0v) is 18.1. The molecule has 0 unspecified atom stereocenters. The molecule has 8 nitrogen and oxygen atoms in total. The van der Waals surface area contributed by atoms with Crippen molar-refractivity contribution in [3.05, 3.63) is 64.2 Å². The highest BCUT2D eigenvalue weighted by Crippen LogP contribution is 2.34. The fraction of sp³-hybridized carbons (Fsp3) is 0.286. The van der Waals surface area contributed by atoms with Crippen molar-refractivity contribution in [1.82, 2.24) is 14.5 Å². The highest BCUT2D eigenvalue weighted by atomic mass is 32.2. The Hall–Kier alpha value is -3.34. The van der Waals surface area contributed by atoms with Gasteiger partial charge in [-0.3, -0.25) is 9.52 Å². The van der Waals surface area contributed by atoms with Crippen LogP contribution in [0.3, 0.4) is 0 Å². The maximum absolute atomic E-state index is 14.2. The van der Waals surface area contributed by atoms with Crippen molar-refractivity contribution in [1.29, 1.82) is 0 Å². The Labute approximate surface area is 183 Å². The van der Waals surface area contributed by atoms with Gasteiger partial charge in [0.05, 0.1) is 12.5 Å². The first-order chi connectivity index (χ1) is 15.1. The van der Waals surface area contributed by atoms with Gasteiger partial charge in [-0.2, -0.15) is 0 Å². The van der Waals surface area contributed by atoms with E-state index in [-0.39, 0.29) is 28.7 Å². The second kappa shape index (κ2) is 8.30. The molecule has 1 aliphatic rings. The van der Waals surface area contributed by atoms with Crippen molar-refractivity contribution in [3.63, 3.8) is 0 Å². The fourth-order valence-electron chi connectivity index (χ4n) is 3.17. The number of rotatable bonds is 7. The minimum absolute atomic E-state index is 0.00517. The van der Waals surface area contributed by atoms with Gasteiger partial charge in [0.2, 0.25) is 16.0 Å². The molecule has 1 N–H and O–H groups in total. The molecule has 0 radical (unpaired) electrons. The topological polar surface area (TPSA) is 103 Å². The third kappa shape index (κ3) is 5.10. The Kier molecular flexibility index (Phi) is 5.68. The smallest absolute Gasteiger partial charge is 0.253 e. The molecule has 0 spiro atoms. The second-order valence-corrected chi connectivity index (χ2v) is 9.52. The summed E-state index contributed by atoms with van der Waals surface area (Å²) in [7, 11) is -3.66. The predicted octanol–water partition coefficient (Wildman–Crippen LogP) is 3.47. The van der Waals surface area contributed by atoms with Gasteiger partial charge in [0, 0.05) is 29.9 Å². The van der Waals surface area contributed by atoms with Gasteiger partial charge < -0.3 is 9.30 Å². The zero-order chi connectivity index (χ0) is 23.0. The molecule has 168 valence electrons. The molecule has 0 bridgehead atoms. The maximum Gasteiger partial charge on any atom is 0.253 e. The quantitative estimate of drug-likeness (QED) is 0.577. The fourth-order valence-corrected chi connectivity index (χ4v) is 3.60. The van der Waals surface area contributed by atoms with Gasteiger partial charge in [0.1, 0.15) is 11.5 Å². The number of aromatic nitrogens is 3. The number of hydrogen-bond acceptors (Lipinski definition) is 6. The Bertz CT molecular complexity index is 1350. The average Bonchev–Trinajstić information content (AvgIpc) is 3.51. The van der Waals surface area contributed by atoms with Crippen LogP contribution in [-0.4, -0.2) is 29.2 Å². The summed E-state index contributed by atoms with van der Waals surface area (Å²) in [6.45, 7) is 2.21. The Morgan fingerprint density at radius 1 is 1.22 bits per heavy atom. The lowest BCUT2D eigenvalue weighted by molar-refractivity contribution is 0.436. The summed E-state index contributed by atoms with van der Waals surface area (Å²) >= 11 is 0. The first kappa shape index (κ1) is 21.9. The molecule has 11 heteroatoms. The number of ether oxygens (including phenoxy) is 1. The monoisotopic (exact) mass is 462 g/mol. The van der Waals surface area contributed by atoms with Crippen molar-refractivity contribution in [2.24, 2.45) is 5.92 Å². The molecule has 0 saturated heterocycles. The van der Waals surface area contributed by atoms with E-state index in [1.54, 1.807) is 23.8 Å². The van der Waals surface area contributed by atoms with Crippen LogP contribution in [0.4, 0.5) is 14.7 Å². The van der Waals surface area contributed by atoms with Gasteiger partial charge in [0.25, 0.3) is 5.56 Å². The Balaban J connectivity index is 1.83. The first-order valence-corrected chi connectivity index (χ1v) is 11.7. The number of hydrogen-bond donors (Lipinski definition) is 1. The number of aryl methyl sites for hydroxylation is 1. The molecular weight excluding hydrogens is 442 g/mol. The van der Waals surface area contributed by atoms with Crippen molar-refractivity contribution >= 4 is 16.0 Å². The van der Waals surface area contributed by atoms with Crippen LogP contribution in [0, 0.1) is 24.5 Å². The number of halogens is 2. The Morgan fingerprint density at radius 3 is 2.62 bits per heavy atom. The van der Waals surface area contributed by atoms with Crippen molar-refractivity contribution in [3.8, 4) is 22.8 Å². The molecule has 32 heavy (non-hydrogen) atoms. The van der Waals surface area contributed by atoms with Crippen LogP contribution in [0.5, 0.6) is 11.5 Å². The van der Waals surface area contributed by atoms with Crippen LogP contribution in [0.1, 0.15) is 18.4 Å². The van der Waals surface area contributed by atoms with Crippen molar-refractivity contribution < 1.29 is 21.9 Å². The highest BCUT2D eigenvalue weighted by Gasteiger charge is 2.23. The van der Waals surface area contributed by atoms with Gasteiger partial charge in [-0.05, 0) is 43.9 Å². The van der Waals surface area contributed by atoms with Crippen LogP contribution in [0.2, 0.25) is 0 Å². The lowest BCUT2D eigenvalue weighted by Crippen LogP contribution is -2.23. The third-order valence-electron chi connectivity index (χ3n) is 4.84. The van der Waals surface area contributed by atoms with Gasteiger partial charge in [0.15, 0.2) is 17.3 Å². The molecular formula is C21H20F2N4O4S. The molecule has 4 rings (SSSR count). The van der Waals surface area contributed by atoms with Gasteiger partial charge in [-0.1, -0.05) is 0 Å². The second-order valence-electron chi connectivity index (χ2n) is 7.77. The SMILES string of the molecule is Cc1cc(-c2nc(NS(C)(=O)=O)ncc2Oc2ccc(F)cc2F)cn(CC2CC2)c1=O. The highest BCUT2D eigenvalue weighted by molar-refractivity contribution is 7.91. The third-order valence-corrected chi connectivity index (χ3v) is 5.39. The van der Waals surface area contributed by atoms with Crippen molar-refractivity contribution in [2.45, 2.75) is 26.3 Å². The normalized spacial score (nSPS) is 13.8. The van der Waals surface area contributed by atoms with E-state index in [9.17, 15) is 22.0 Å². The number of anilines is 1. The largest absolute Gasteiger partial charge is 0.450 e. The van der Waals surface area contributed by atoms with E-state index in [0.717, 1.165) is 31.2 Å². The summed E-state index contributed by atoms with van der Waals surface area (Å²) in [5.41, 5.74) is 0.913. The molecule has 0 atom stereocenters. The molecule has 2 aromatic heterocycles. The summed E-state index contributed by atoms with van der Waals surface area (Å²) in [4.78, 5) is 20.7. The molecule has 1 fully saturated rings. The molecule has 2 heterocycles. The van der Waals surface area contributed by atoms with Crippen LogP contribution >= 0.6 is 0 Å². The lowest BCUT2D eigenvalue weighted by Gasteiger charge is -2.14. The van der Waals surface area contributed by atoms with E-state index in [1.165, 1.54) is 6.20 Å². The van der Waals surface area contributed by atoms with Gasteiger partial charge >= 0.3 is 0 Å². The summed E-state index contributed by atoms with van der Waals surface area (Å²) in [6, 6.07) is 4.43. The van der Waals surface area contributed by atoms with Crippen LogP contribution in [0.15, 0.2) is 41.5 Å². The number of nitrogens with zero attached hydrogens (tertiary/aromatic N) is 3. The van der Waals surface area contributed by atoms with Crippen LogP contribution in [0.25, 0.3) is 11.3 Å². The minimum atomic E-state index is -3.66. The number of nitrogens with one attached hydrogen (secondary N) is 1. The summed E-state index contributed by atoms with van der Waals surface area (Å²) in [5, 5.41) is 0. The van der Waals surface area contributed by atoms with E-state index in [4.69, 9.17) is 4.74 Å². The predicted molar refractivity (Wildman–Crippen MR) is 114 cm³/mol. The molecule has 1 aliphatic carbocycles. The standard InChI is InChI=1S/C21H20F2N4O4S/c1-12-7-14(11-27(20(12)28)10-13-3-4-13)19-18(9-24-21(25-19)26-32(2,29)30)31-17-6-5-15(22)8-16(17)23/h5-9,11,13H,3-4,10H2,1-2H3,(H,24,25,26). The minimum Gasteiger partial charge on any atom is -0.450 e. The summed E-state index contributed by atoms with van der Waals surface area (Å²) in [6.07, 6.45) is 5.83. The molecule has 3 aromatic rings. The van der Waals surface area contributed by atoms with E-state index in [0.29, 0.717) is 29.7 Å².